The van der Waals surface area contributed by atoms with Gasteiger partial charge in [0.25, 0.3) is 0 Å². The third-order valence-electron chi connectivity index (χ3n) is 6.82. The van der Waals surface area contributed by atoms with Gasteiger partial charge >= 0.3 is 0 Å². The first kappa shape index (κ1) is 26.5. The van der Waals surface area contributed by atoms with Gasteiger partial charge in [-0.25, -0.2) is 22.8 Å². The second-order valence-corrected chi connectivity index (χ2v) is 10.5. The van der Waals surface area contributed by atoms with E-state index >= 15 is 0 Å². The summed E-state index contributed by atoms with van der Waals surface area (Å²) in [4.78, 5) is 4.49. The zero-order valence-corrected chi connectivity index (χ0v) is 21.8. The van der Waals surface area contributed by atoms with Gasteiger partial charge in [-0.05, 0) is 37.3 Å². The Morgan fingerprint density at radius 3 is 2.62 bits per heavy atom. The van der Waals surface area contributed by atoms with Crippen molar-refractivity contribution in [2.45, 2.75) is 37.4 Å². The fourth-order valence-electron chi connectivity index (χ4n) is 4.94. The summed E-state index contributed by atoms with van der Waals surface area (Å²) in [5.74, 6) is -4.02. The van der Waals surface area contributed by atoms with E-state index in [0.29, 0.717) is 5.82 Å². The molecule has 0 saturated carbocycles. The number of fused-ring (bicyclic) bond motifs is 1. The summed E-state index contributed by atoms with van der Waals surface area (Å²) >= 11 is 1.54. The molecule has 0 unspecified atom stereocenters. The predicted octanol–water partition coefficient (Wildman–Crippen LogP) is 2.91. The third-order valence-corrected chi connectivity index (χ3v) is 7.75. The van der Waals surface area contributed by atoms with Crippen LogP contribution in [0.2, 0.25) is 0 Å². The Balaban J connectivity index is 1.39. The first-order valence-electron chi connectivity index (χ1n) is 12.1. The first-order valence-corrected chi connectivity index (χ1v) is 12.9. The molecule has 1 aliphatic heterocycles. The van der Waals surface area contributed by atoms with Crippen molar-refractivity contribution in [2.75, 3.05) is 13.7 Å². The minimum absolute atomic E-state index is 0.0276. The van der Waals surface area contributed by atoms with E-state index in [1.165, 1.54) is 24.3 Å². The SMILES string of the molecule is CO[C@@H]1[C@@H](n2cc(-c3cc(F)c(F)c(F)c3)nn2)[C@@H](O)[C@@H](CO)O[C@H]1c1nncn1-c1ccc2nc(C)sc2c1. The lowest BCUT2D eigenvalue weighted by Gasteiger charge is -2.43. The fourth-order valence-corrected chi connectivity index (χ4v) is 5.80. The van der Waals surface area contributed by atoms with Crippen molar-refractivity contribution in [3.8, 4) is 16.9 Å². The largest absolute Gasteiger partial charge is 0.394 e. The molecule has 2 N–H and O–H groups in total. The summed E-state index contributed by atoms with van der Waals surface area (Å²) in [5, 5.41) is 38.4. The number of hydrogen-bond acceptors (Lipinski definition) is 10. The molecule has 208 valence electrons. The molecule has 0 radical (unpaired) electrons. The number of methoxy groups -OCH3 is 1. The Bertz CT molecular complexity index is 1670. The first-order chi connectivity index (χ1) is 19.3. The van der Waals surface area contributed by atoms with E-state index in [4.69, 9.17) is 9.47 Å². The molecule has 0 spiro atoms. The van der Waals surface area contributed by atoms with Gasteiger partial charge in [0, 0.05) is 18.4 Å². The second kappa shape index (κ2) is 10.3. The zero-order valence-electron chi connectivity index (χ0n) is 21.0. The molecule has 4 heterocycles. The maximum absolute atomic E-state index is 13.8. The highest BCUT2D eigenvalue weighted by Gasteiger charge is 2.49. The molecule has 0 bridgehead atoms. The van der Waals surface area contributed by atoms with Gasteiger partial charge in [0.1, 0.15) is 42.5 Å². The minimum Gasteiger partial charge on any atom is -0.394 e. The Kier molecular flexibility index (Phi) is 6.83. The number of ether oxygens (including phenoxy) is 2. The van der Waals surface area contributed by atoms with Crippen LogP contribution in [0.5, 0.6) is 0 Å². The van der Waals surface area contributed by atoms with Gasteiger partial charge in [-0.15, -0.1) is 26.6 Å². The topological polar surface area (TPSA) is 133 Å². The lowest BCUT2D eigenvalue weighted by molar-refractivity contribution is -0.217. The van der Waals surface area contributed by atoms with E-state index in [9.17, 15) is 23.4 Å². The van der Waals surface area contributed by atoms with E-state index in [1.54, 1.807) is 15.9 Å². The van der Waals surface area contributed by atoms with Crippen LogP contribution in [0.3, 0.4) is 0 Å². The molecule has 1 aliphatic rings. The van der Waals surface area contributed by atoms with Gasteiger partial charge in [-0.2, -0.15) is 0 Å². The molecular formula is C25H22F3N7O4S. The van der Waals surface area contributed by atoms with E-state index in [0.717, 1.165) is 33.0 Å². The van der Waals surface area contributed by atoms with Crippen LogP contribution in [0.4, 0.5) is 13.2 Å². The highest BCUT2D eigenvalue weighted by atomic mass is 32.1. The minimum atomic E-state index is -1.60. The van der Waals surface area contributed by atoms with Crippen LogP contribution >= 0.6 is 11.3 Å². The number of hydrogen-bond donors (Lipinski definition) is 2. The van der Waals surface area contributed by atoms with Gasteiger partial charge < -0.3 is 19.7 Å². The third kappa shape index (κ3) is 4.45. The summed E-state index contributed by atoms with van der Waals surface area (Å²) in [6, 6.07) is 6.30. The number of rotatable bonds is 6. The number of nitrogens with zero attached hydrogens (tertiary/aromatic N) is 7. The van der Waals surface area contributed by atoms with Crippen molar-refractivity contribution in [1.82, 2.24) is 34.7 Å². The van der Waals surface area contributed by atoms with Gasteiger partial charge in [0.2, 0.25) is 0 Å². The number of benzene rings is 2. The fraction of sp³-hybridized carbons (Fsp3) is 0.320. The summed E-state index contributed by atoms with van der Waals surface area (Å²) in [5.41, 5.74) is 1.57. The Hall–Kier alpha value is -3.76. The molecule has 0 amide bonds. The Morgan fingerprint density at radius 2 is 1.90 bits per heavy atom. The number of aliphatic hydroxyl groups excluding tert-OH is 2. The number of aryl methyl sites for hydroxylation is 1. The van der Waals surface area contributed by atoms with Gasteiger partial charge in [0.05, 0.1) is 28.0 Å². The molecule has 5 atom stereocenters. The summed E-state index contributed by atoms with van der Waals surface area (Å²) < 4.78 is 57.0. The van der Waals surface area contributed by atoms with Crippen LogP contribution in [-0.2, 0) is 9.47 Å². The normalized spacial score (nSPS) is 23.2. The van der Waals surface area contributed by atoms with Crippen molar-refractivity contribution in [2.24, 2.45) is 0 Å². The molecular weight excluding hydrogens is 551 g/mol. The van der Waals surface area contributed by atoms with E-state index in [-0.39, 0.29) is 11.3 Å². The lowest BCUT2D eigenvalue weighted by atomic mass is 9.91. The van der Waals surface area contributed by atoms with Crippen molar-refractivity contribution in [1.29, 1.82) is 0 Å². The van der Waals surface area contributed by atoms with Crippen molar-refractivity contribution in [3.05, 3.63) is 71.1 Å². The van der Waals surface area contributed by atoms with E-state index in [2.05, 4.69) is 25.5 Å². The molecule has 0 aliphatic carbocycles. The molecule has 1 fully saturated rings. The zero-order chi connectivity index (χ0) is 28.1. The van der Waals surface area contributed by atoms with E-state index < -0.39 is 54.5 Å². The van der Waals surface area contributed by atoms with Crippen molar-refractivity contribution < 1.29 is 32.9 Å². The van der Waals surface area contributed by atoms with Gasteiger partial charge in [-0.1, -0.05) is 5.21 Å². The number of halogens is 3. The Labute approximate surface area is 228 Å². The molecule has 11 nitrogen and oxygen atoms in total. The Morgan fingerprint density at radius 1 is 1.12 bits per heavy atom. The van der Waals surface area contributed by atoms with Crippen molar-refractivity contribution in [3.63, 3.8) is 0 Å². The molecule has 5 aromatic rings. The molecule has 15 heteroatoms. The standard InChI is InChI=1S/C25H22F3N7O4S/c1-11-30-16-4-3-13(7-19(16)40-11)34-10-29-32-25(34)24-23(38-2)21(22(37)18(9-36)39-24)35-8-17(31-33-35)12-5-14(26)20(28)15(27)6-12/h3-8,10,18,21-24,36-37H,9H2,1-2H3/t18-,21+,22+,23-,24-/m1/s1. The average molecular weight is 574 g/mol. The highest BCUT2D eigenvalue weighted by molar-refractivity contribution is 7.18. The maximum Gasteiger partial charge on any atom is 0.194 e. The summed E-state index contributed by atoms with van der Waals surface area (Å²) in [6.45, 7) is 1.38. The van der Waals surface area contributed by atoms with E-state index in [1.807, 2.05) is 25.1 Å². The molecule has 3 aromatic heterocycles. The number of aromatic nitrogens is 7. The van der Waals surface area contributed by atoms with Crippen LogP contribution < -0.4 is 0 Å². The smallest absolute Gasteiger partial charge is 0.194 e. The van der Waals surface area contributed by atoms with Crippen LogP contribution in [0.15, 0.2) is 42.9 Å². The van der Waals surface area contributed by atoms with Gasteiger partial charge in [0.15, 0.2) is 23.3 Å². The maximum atomic E-state index is 13.8. The highest BCUT2D eigenvalue weighted by Crippen LogP contribution is 2.40. The molecule has 1 saturated heterocycles. The van der Waals surface area contributed by atoms with Gasteiger partial charge in [-0.3, -0.25) is 4.57 Å². The molecule has 2 aromatic carbocycles. The summed E-state index contributed by atoms with van der Waals surface area (Å²) in [7, 11) is 1.41. The number of thiazole rings is 1. The predicted molar refractivity (Wildman–Crippen MR) is 135 cm³/mol. The summed E-state index contributed by atoms with van der Waals surface area (Å²) in [6.07, 6.45) is -1.41. The monoisotopic (exact) mass is 573 g/mol. The average Bonchev–Trinajstić information content (AvgIpc) is 3.69. The molecule has 6 rings (SSSR count). The van der Waals surface area contributed by atoms with Crippen LogP contribution in [0, 0.1) is 24.4 Å². The number of aliphatic hydroxyl groups is 2. The van der Waals surface area contributed by atoms with Crippen LogP contribution in [0.1, 0.15) is 23.0 Å². The second-order valence-electron chi connectivity index (χ2n) is 9.24. The lowest BCUT2D eigenvalue weighted by Crippen LogP contribution is -2.53. The quantitative estimate of drug-likeness (QED) is 0.294. The van der Waals surface area contributed by atoms with Crippen LogP contribution in [0.25, 0.3) is 27.2 Å². The van der Waals surface area contributed by atoms with Crippen molar-refractivity contribution >= 4 is 21.6 Å². The van der Waals surface area contributed by atoms with Crippen LogP contribution in [-0.4, -0.2) is 77.0 Å². The molecule has 40 heavy (non-hydrogen) atoms.